The Kier molecular flexibility index (Phi) is 4.25. The molecule has 20 heavy (non-hydrogen) atoms. The molecule has 0 aromatic heterocycles. The molecule has 0 spiro atoms. The van der Waals surface area contributed by atoms with Crippen LogP contribution in [0.4, 0.5) is 0 Å². The van der Waals surface area contributed by atoms with Crippen LogP contribution < -0.4 is 15.2 Å². The highest BCUT2D eigenvalue weighted by atomic mass is 16.5. The van der Waals surface area contributed by atoms with Gasteiger partial charge in [0.15, 0.2) is 0 Å². The molecule has 0 fully saturated rings. The summed E-state index contributed by atoms with van der Waals surface area (Å²) in [6, 6.07) is 15.1. The molecule has 104 valence electrons. The van der Waals surface area contributed by atoms with Crippen molar-refractivity contribution in [2.24, 2.45) is 5.73 Å². The molecular weight excluding hydrogens is 252 g/mol. The van der Waals surface area contributed by atoms with Crippen LogP contribution in [-0.2, 0) is 0 Å². The summed E-state index contributed by atoms with van der Waals surface area (Å²) in [6.07, 6.45) is -0.138. The lowest BCUT2D eigenvalue weighted by Crippen LogP contribution is -2.14. The minimum absolute atomic E-state index is 0.0251. The normalized spacial score (nSPS) is 11.7. The highest BCUT2D eigenvalue weighted by molar-refractivity contribution is 5.97. The van der Waals surface area contributed by atoms with Gasteiger partial charge in [-0.15, -0.1) is 0 Å². The van der Waals surface area contributed by atoms with Gasteiger partial charge >= 0.3 is 0 Å². The molecule has 1 unspecified atom stereocenters. The Labute approximate surface area is 118 Å². The minimum Gasteiger partial charge on any atom is -0.497 e. The molecule has 1 atom stereocenters. The summed E-state index contributed by atoms with van der Waals surface area (Å²) in [7, 11) is 1.59. The van der Waals surface area contributed by atoms with Crippen molar-refractivity contribution in [1.29, 1.82) is 5.41 Å². The van der Waals surface area contributed by atoms with E-state index >= 15 is 0 Å². The number of hydrogen-bond acceptors (Lipinski definition) is 3. The summed E-state index contributed by atoms with van der Waals surface area (Å²) in [5.74, 6) is 1.20. The number of benzene rings is 2. The van der Waals surface area contributed by atoms with E-state index in [-0.39, 0.29) is 11.9 Å². The standard InChI is InChI=1S/C16H18N2O2/c1-11(12-6-4-3-5-7-12)20-15-10-13(19-2)8-9-14(15)16(17)18/h3-11H,1-2H3,(H3,17,18). The first-order valence-electron chi connectivity index (χ1n) is 6.36. The molecule has 0 radical (unpaired) electrons. The number of rotatable bonds is 5. The molecule has 0 aliphatic heterocycles. The molecule has 2 aromatic carbocycles. The number of hydrogen-bond donors (Lipinski definition) is 2. The molecule has 0 aliphatic carbocycles. The minimum atomic E-state index is -0.138. The quantitative estimate of drug-likeness (QED) is 0.648. The SMILES string of the molecule is COc1ccc(C(=N)N)c(OC(C)c2ccccc2)c1. The van der Waals surface area contributed by atoms with Crippen LogP contribution in [0.25, 0.3) is 0 Å². The second kappa shape index (κ2) is 6.10. The topological polar surface area (TPSA) is 68.3 Å². The van der Waals surface area contributed by atoms with Crippen LogP contribution in [-0.4, -0.2) is 12.9 Å². The van der Waals surface area contributed by atoms with Crippen LogP contribution in [0, 0.1) is 5.41 Å². The lowest BCUT2D eigenvalue weighted by atomic mass is 10.1. The van der Waals surface area contributed by atoms with E-state index in [4.69, 9.17) is 20.6 Å². The monoisotopic (exact) mass is 270 g/mol. The zero-order chi connectivity index (χ0) is 14.5. The van der Waals surface area contributed by atoms with Gasteiger partial charge in [-0.05, 0) is 24.6 Å². The Morgan fingerprint density at radius 2 is 1.85 bits per heavy atom. The van der Waals surface area contributed by atoms with Crippen LogP contribution in [0.2, 0.25) is 0 Å². The Bertz CT molecular complexity index is 597. The van der Waals surface area contributed by atoms with E-state index in [1.807, 2.05) is 37.3 Å². The molecule has 4 heteroatoms. The van der Waals surface area contributed by atoms with Gasteiger partial charge < -0.3 is 15.2 Å². The summed E-state index contributed by atoms with van der Waals surface area (Å²) in [5.41, 5.74) is 7.21. The lowest BCUT2D eigenvalue weighted by Gasteiger charge is -2.18. The van der Waals surface area contributed by atoms with E-state index < -0.39 is 0 Å². The zero-order valence-corrected chi connectivity index (χ0v) is 11.6. The van der Waals surface area contributed by atoms with Crippen LogP contribution in [0.5, 0.6) is 11.5 Å². The number of nitrogen functional groups attached to an aromatic ring is 1. The lowest BCUT2D eigenvalue weighted by molar-refractivity contribution is 0.225. The Morgan fingerprint density at radius 3 is 2.45 bits per heavy atom. The molecule has 0 bridgehead atoms. The third-order valence-electron chi connectivity index (χ3n) is 3.05. The van der Waals surface area contributed by atoms with Crippen LogP contribution >= 0.6 is 0 Å². The van der Waals surface area contributed by atoms with Crippen molar-refractivity contribution < 1.29 is 9.47 Å². The number of nitrogens with two attached hydrogens (primary N) is 1. The second-order valence-electron chi connectivity index (χ2n) is 4.45. The molecule has 0 aliphatic rings. The predicted molar refractivity (Wildman–Crippen MR) is 79.5 cm³/mol. The van der Waals surface area contributed by atoms with E-state index in [0.29, 0.717) is 17.1 Å². The smallest absolute Gasteiger partial charge is 0.134 e. The fourth-order valence-electron chi connectivity index (χ4n) is 1.93. The van der Waals surface area contributed by atoms with Crippen molar-refractivity contribution >= 4 is 5.84 Å². The van der Waals surface area contributed by atoms with Gasteiger partial charge in [0.25, 0.3) is 0 Å². The summed E-state index contributed by atoms with van der Waals surface area (Å²) >= 11 is 0. The largest absolute Gasteiger partial charge is 0.497 e. The van der Waals surface area contributed by atoms with Crippen molar-refractivity contribution in [2.45, 2.75) is 13.0 Å². The predicted octanol–water partition coefficient (Wildman–Crippen LogP) is 3.12. The summed E-state index contributed by atoms with van der Waals surface area (Å²) in [5, 5.41) is 7.61. The maximum atomic E-state index is 7.61. The van der Waals surface area contributed by atoms with E-state index in [2.05, 4.69) is 0 Å². The van der Waals surface area contributed by atoms with Crippen LogP contribution in [0.15, 0.2) is 48.5 Å². The second-order valence-corrected chi connectivity index (χ2v) is 4.45. The first-order chi connectivity index (χ1) is 9.61. The fraction of sp³-hybridized carbons (Fsp3) is 0.188. The molecule has 2 rings (SSSR count). The first kappa shape index (κ1) is 13.9. The van der Waals surface area contributed by atoms with Gasteiger partial charge in [0.2, 0.25) is 0 Å². The van der Waals surface area contributed by atoms with Gasteiger partial charge in [0.1, 0.15) is 23.4 Å². The van der Waals surface area contributed by atoms with Gasteiger partial charge in [0, 0.05) is 6.07 Å². The highest BCUT2D eigenvalue weighted by Crippen LogP contribution is 2.29. The van der Waals surface area contributed by atoms with Crippen molar-refractivity contribution in [3.8, 4) is 11.5 Å². The van der Waals surface area contributed by atoms with Crippen molar-refractivity contribution in [2.75, 3.05) is 7.11 Å². The molecule has 2 aromatic rings. The van der Waals surface area contributed by atoms with Gasteiger partial charge in [0.05, 0.1) is 12.7 Å². The average molecular weight is 270 g/mol. The average Bonchev–Trinajstić information content (AvgIpc) is 2.47. The van der Waals surface area contributed by atoms with Crippen LogP contribution in [0.3, 0.4) is 0 Å². The van der Waals surface area contributed by atoms with Crippen molar-refractivity contribution in [3.63, 3.8) is 0 Å². The third-order valence-corrected chi connectivity index (χ3v) is 3.05. The van der Waals surface area contributed by atoms with E-state index in [9.17, 15) is 0 Å². The molecular formula is C16H18N2O2. The summed E-state index contributed by atoms with van der Waals surface area (Å²) < 4.78 is 11.1. The maximum Gasteiger partial charge on any atom is 0.134 e. The molecule has 3 N–H and O–H groups in total. The summed E-state index contributed by atoms with van der Waals surface area (Å²) in [4.78, 5) is 0. The van der Waals surface area contributed by atoms with Gasteiger partial charge in [-0.25, -0.2) is 0 Å². The van der Waals surface area contributed by atoms with Gasteiger partial charge in [-0.2, -0.15) is 0 Å². The highest BCUT2D eigenvalue weighted by Gasteiger charge is 2.13. The van der Waals surface area contributed by atoms with E-state index in [1.54, 1.807) is 25.3 Å². The maximum absolute atomic E-state index is 7.61. The van der Waals surface area contributed by atoms with Crippen molar-refractivity contribution in [1.82, 2.24) is 0 Å². The molecule has 0 saturated heterocycles. The number of ether oxygens (including phenoxy) is 2. The van der Waals surface area contributed by atoms with Gasteiger partial charge in [-0.3, -0.25) is 5.41 Å². The molecule has 0 saturated carbocycles. The Morgan fingerprint density at radius 1 is 1.15 bits per heavy atom. The Hall–Kier alpha value is -2.49. The Balaban J connectivity index is 2.29. The zero-order valence-electron chi connectivity index (χ0n) is 11.6. The third kappa shape index (κ3) is 3.09. The molecule has 0 heterocycles. The summed E-state index contributed by atoms with van der Waals surface area (Å²) in [6.45, 7) is 1.96. The first-order valence-corrected chi connectivity index (χ1v) is 6.36. The van der Waals surface area contributed by atoms with Crippen LogP contribution in [0.1, 0.15) is 24.2 Å². The van der Waals surface area contributed by atoms with Crippen molar-refractivity contribution in [3.05, 3.63) is 59.7 Å². The molecule has 4 nitrogen and oxygen atoms in total. The fourth-order valence-corrected chi connectivity index (χ4v) is 1.93. The number of methoxy groups -OCH3 is 1. The van der Waals surface area contributed by atoms with Gasteiger partial charge in [-0.1, -0.05) is 30.3 Å². The molecule has 0 amide bonds. The number of amidine groups is 1. The van der Waals surface area contributed by atoms with E-state index in [0.717, 1.165) is 5.56 Å². The number of nitrogens with one attached hydrogen (secondary N) is 1. The van der Waals surface area contributed by atoms with E-state index in [1.165, 1.54) is 0 Å².